The van der Waals surface area contributed by atoms with Gasteiger partial charge in [0.15, 0.2) is 6.23 Å². The normalized spacial score (nSPS) is 34.2. The van der Waals surface area contributed by atoms with Crippen LogP contribution in [0.1, 0.15) is 19.1 Å². The van der Waals surface area contributed by atoms with Crippen molar-refractivity contribution in [3.05, 3.63) is 20.8 Å². The zero-order valence-electron chi connectivity index (χ0n) is 12.4. The summed E-state index contributed by atoms with van der Waals surface area (Å²) in [6.45, 7) is 0. The van der Waals surface area contributed by atoms with Gasteiger partial charge in [-0.3, -0.25) is 14.3 Å². The molecule has 13 heteroatoms. The fourth-order valence-electron chi connectivity index (χ4n) is 2.88. The highest BCUT2D eigenvalue weighted by molar-refractivity contribution is 6.47. The molecule has 1 aromatic rings. The van der Waals surface area contributed by atoms with Crippen molar-refractivity contribution in [2.24, 2.45) is 0 Å². The maximum atomic E-state index is 15.0. The average molecular weight is 360 g/mol. The number of aliphatic hydroxyl groups excluding tert-OH is 1. The molecule has 1 saturated carbocycles. The Labute approximate surface area is 139 Å². The van der Waals surface area contributed by atoms with E-state index in [1.807, 2.05) is 0 Å². The van der Waals surface area contributed by atoms with Crippen LogP contribution in [0.15, 0.2) is 9.59 Å². The summed E-state index contributed by atoms with van der Waals surface area (Å²) >= 11 is 0. The van der Waals surface area contributed by atoms with Gasteiger partial charge in [0.2, 0.25) is 5.56 Å². The van der Waals surface area contributed by atoms with Crippen LogP contribution in [0.4, 0.5) is 17.6 Å². The van der Waals surface area contributed by atoms with Crippen LogP contribution >= 0.6 is 0 Å². The molecule has 25 heavy (non-hydrogen) atoms. The van der Waals surface area contributed by atoms with Gasteiger partial charge in [0, 0.05) is 0 Å². The third-order valence-corrected chi connectivity index (χ3v) is 4.53. The molecule has 1 aliphatic heterocycles. The standard InChI is InChI=1S/C12H10B2F4N2O5/c13-3-6(14)20(9(23)19-7(3)22)8-11(15,12(16,17)18)4(21)5(25-8)10(24)1-2-10/h4-5,8,21,24H,1-2H2,(H,19,22,23)/t4-,5?,8+,11?/m0/s1. The number of halogens is 4. The number of rotatable bonds is 2. The smallest absolute Gasteiger partial charge is 0.387 e. The molecule has 2 unspecified atom stereocenters. The van der Waals surface area contributed by atoms with Crippen LogP contribution in [-0.4, -0.2) is 65.1 Å². The fraction of sp³-hybridized carbons (Fsp3) is 0.667. The first-order valence-electron chi connectivity index (χ1n) is 7.06. The number of aromatic amines is 1. The lowest BCUT2D eigenvalue weighted by molar-refractivity contribution is -0.273. The predicted molar refractivity (Wildman–Crippen MR) is 76.1 cm³/mol. The number of aromatic nitrogens is 2. The summed E-state index contributed by atoms with van der Waals surface area (Å²) in [5.41, 5.74) is -10.8. The SMILES string of the molecule is [B]c1c([B])n([C@@H]2OC(C3(O)CC3)[C@H](O)C2(F)C(F)(F)F)c(=O)[nH]c1=O. The van der Waals surface area contributed by atoms with Gasteiger partial charge in [0.1, 0.15) is 27.9 Å². The molecule has 2 fully saturated rings. The molecule has 0 aromatic carbocycles. The van der Waals surface area contributed by atoms with E-state index in [2.05, 4.69) is 0 Å². The van der Waals surface area contributed by atoms with Gasteiger partial charge in [0.25, 0.3) is 5.67 Å². The number of hydrogen-bond donors (Lipinski definition) is 3. The summed E-state index contributed by atoms with van der Waals surface area (Å²) in [4.78, 5) is 24.9. The number of ether oxygens (including phenoxy) is 1. The molecule has 3 rings (SSSR count). The summed E-state index contributed by atoms with van der Waals surface area (Å²) in [5, 5.41) is 19.9. The Balaban J connectivity index is 2.22. The Bertz CT molecular complexity index is 836. The van der Waals surface area contributed by atoms with Gasteiger partial charge in [-0.15, -0.1) is 0 Å². The highest BCUT2D eigenvalue weighted by Crippen LogP contribution is 2.56. The van der Waals surface area contributed by atoms with E-state index in [1.54, 1.807) is 4.98 Å². The molecule has 0 bridgehead atoms. The van der Waals surface area contributed by atoms with E-state index in [1.165, 1.54) is 0 Å². The molecule has 4 atom stereocenters. The first-order chi connectivity index (χ1) is 11.3. The average Bonchev–Trinajstić information content (AvgIpc) is 3.17. The maximum absolute atomic E-state index is 15.0. The first kappa shape index (κ1) is 18.2. The van der Waals surface area contributed by atoms with E-state index in [9.17, 15) is 33.0 Å². The summed E-state index contributed by atoms with van der Waals surface area (Å²) in [6.07, 6.45) is -13.3. The molecule has 132 valence electrons. The maximum Gasteiger partial charge on any atom is 0.429 e. The van der Waals surface area contributed by atoms with Crippen LogP contribution in [-0.2, 0) is 4.74 Å². The van der Waals surface area contributed by atoms with E-state index >= 15 is 4.39 Å². The number of hydrogen-bond acceptors (Lipinski definition) is 5. The number of nitrogens with zero attached hydrogens (tertiary/aromatic N) is 1. The van der Waals surface area contributed by atoms with Gasteiger partial charge in [0.05, 0.1) is 5.60 Å². The van der Waals surface area contributed by atoms with Crippen molar-refractivity contribution in [2.45, 2.75) is 48.7 Å². The van der Waals surface area contributed by atoms with Crippen molar-refractivity contribution >= 4 is 26.7 Å². The van der Waals surface area contributed by atoms with E-state index in [-0.39, 0.29) is 17.4 Å². The third kappa shape index (κ3) is 2.40. The van der Waals surface area contributed by atoms with Crippen molar-refractivity contribution in [3.8, 4) is 0 Å². The molecule has 2 aliphatic rings. The van der Waals surface area contributed by atoms with Gasteiger partial charge in [-0.25, -0.2) is 9.18 Å². The fourth-order valence-corrected chi connectivity index (χ4v) is 2.88. The van der Waals surface area contributed by atoms with E-state index in [4.69, 9.17) is 20.4 Å². The van der Waals surface area contributed by atoms with Gasteiger partial charge < -0.3 is 14.9 Å². The molecule has 3 N–H and O–H groups in total. The van der Waals surface area contributed by atoms with Crippen LogP contribution in [0.25, 0.3) is 0 Å². The molecule has 7 nitrogen and oxygen atoms in total. The monoisotopic (exact) mass is 360 g/mol. The van der Waals surface area contributed by atoms with Crippen molar-refractivity contribution < 1.29 is 32.5 Å². The Hall–Kier alpha value is -1.59. The minimum atomic E-state index is -5.69. The molecule has 1 saturated heterocycles. The number of alkyl halides is 4. The zero-order chi connectivity index (χ0) is 18.9. The Morgan fingerprint density at radius 1 is 1.28 bits per heavy atom. The first-order valence-corrected chi connectivity index (χ1v) is 7.06. The van der Waals surface area contributed by atoms with Crippen LogP contribution in [0.2, 0.25) is 0 Å². The van der Waals surface area contributed by atoms with Crippen LogP contribution < -0.4 is 22.3 Å². The van der Waals surface area contributed by atoms with E-state index in [0.717, 1.165) is 0 Å². The number of H-pyrrole nitrogens is 1. The molecular weight excluding hydrogens is 350 g/mol. The van der Waals surface area contributed by atoms with Gasteiger partial charge >= 0.3 is 11.9 Å². The lowest BCUT2D eigenvalue weighted by atomic mass is 9.85. The van der Waals surface area contributed by atoms with Crippen molar-refractivity contribution in [2.75, 3.05) is 0 Å². The van der Waals surface area contributed by atoms with Gasteiger partial charge in [-0.05, 0) is 23.9 Å². The lowest BCUT2D eigenvalue weighted by Gasteiger charge is -2.32. The largest absolute Gasteiger partial charge is 0.429 e. The van der Waals surface area contributed by atoms with Crippen LogP contribution in [0.3, 0.4) is 0 Å². The second-order valence-electron chi connectivity index (χ2n) is 6.15. The summed E-state index contributed by atoms with van der Waals surface area (Å²) in [5.74, 6) is 0. The second-order valence-corrected chi connectivity index (χ2v) is 6.15. The van der Waals surface area contributed by atoms with Crippen molar-refractivity contribution in [1.29, 1.82) is 0 Å². The van der Waals surface area contributed by atoms with Gasteiger partial charge in [-0.2, -0.15) is 13.2 Å². The molecule has 4 radical (unpaired) electrons. The summed E-state index contributed by atoms with van der Waals surface area (Å²) in [7, 11) is 10.7. The minimum absolute atomic E-state index is 0.0203. The van der Waals surface area contributed by atoms with Crippen LogP contribution in [0, 0.1) is 0 Å². The highest BCUT2D eigenvalue weighted by Gasteiger charge is 2.76. The Morgan fingerprint density at radius 2 is 1.84 bits per heavy atom. The number of nitrogens with one attached hydrogen (secondary N) is 1. The molecule has 0 amide bonds. The van der Waals surface area contributed by atoms with Crippen molar-refractivity contribution in [3.63, 3.8) is 0 Å². The summed E-state index contributed by atoms with van der Waals surface area (Å²) in [6, 6.07) is 0. The molecule has 2 heterocycles. The second kappa shape index (κ2) is 5.21. The Morgan fingerprint density at radius 3 is 2.32 bits per heavy atom. The topological polar surface area (TPSA) is 105 Å². The Kier molecular flexibility index (Phi) is 3.79. The van der Waals surface area contributed by atoms with E-state index in [0.29, 0.717) is 0 Å². The lowest BCUT2D eigenvalue weighted by Crippen LogP contribution is -2.61. The van der Waals surface area contributed by atoms with E-state index < -0.39 is 58.2 Å². The predicted octanol–water partition coefficient (Wildman–Crippen LogP) is -2.82. The highest BCUT2D eigenvalue weighted by atomic mass is 19.4. The van der Waals surface area contributed by atoms with Gasteiger partial charge in [-0.1, -0.05) is 0 Å². The molecule has 1 aromatic heterocycles. The quantitative estimate of drug-likeness (QED) is 0.390. The molecule has 0 spiro atoms. The number of aliphatic hydroxyl groups is 2. The molecule has 1 aliphatic carbocycles. The summed E-state index contributed by atoms with van der Waals surface area (Å²) < 4.78 is 60.1. The third-order valence-electron chi connectivity index (χ3n) is 4.53. The van der Waals surface area contributed by atoms with Crippen molar-refractivity contribution in [1.82, 2.24) is 9.55 Å². The van der Waals surface area contributed by atoms with Crippen LogP contribution in [0.5, 0.6) is 0 Å². The molecular formula is C12H10B2F4N2O5. The minimum Gasteiger partial charge on any atom is -0.387 e. The zero-order valence-corrected chi connectivity index (χ0v) is 12.4.